The van der Waals surface area contributed by atoms with Gasteiger partial charge >= 0.3 is 0 Å². The topological polar surface area (TPSA) is 92.1 Å². The highest BCUT2D eigenvalue weighted by Crippen LogP contribution is 2.29. The van der Waals surface area contributed by atoms with Crippen LogP contribution in [0, 0.1) is 6.92 Å². The molecule has 0 saturated carbocycles. The molecule has 3 aromatic rings. The third-order valence-electron chi connectivity index (χ3n) is 5.53. The Morgan fingerprint density at radius 3 is 2.71 bits per heavy atom. The third kappa shape index (κ3) is 3.38. The first kappa shape index (κ1) is 18.2. The minimum atomic E-state index is -0.360. The van der Waals surface area contributed by atoms with Crippen LogP contribution >= 0.6 is 0 Å². The molecule has 1 saturated heterocycles. The number of carbonyl (C=O) groups excluding carboxylic acids is 2. The number of fused-ring (bicyclic) bond motifs is 1. The molecule has 28 heavy (non-hydrogen) atoms. The summed E-state index contributed by atoms with van der Waals surface area (Å²) in [7, 11) is 0. The summed E-state index contributed by atoms with van der Waals surface area (Å²) in [5, 5.41) is 8.63. The standard InChI is InChI=1S/C22H24N4O2/c1-14-5-4-7-18-20(14)21(25-24-18)15-8-10-16(11-9-15)22(28)26-12-3-2-6-17(26)13-19(23)27/h4-5,7-11,17H,2-3,6,12-13H2,1H3,(H2,23,27)(H,24,25)/t17-/m1/s1. The lowest BCUT2D eigenvalue weighted by atomic mass is 9.97. The van der Waals surface area contributed by atoms with E-state index in [4.69, 9.17) is 5.73 Å². The molecular weight excluding hydrogens is 352 g/mol. The van der Waals surface area contributed by atoms with Gasteiger partial charge in [0.2, 0.25) is 5.91 Å². The van der Waals surface area contributed by atoms with Crippen molar-refractivity contribution < 1.29 is 9.59 Å². The molecule has 1 aliphatic rings. The monoisotopic (exact) mass is 376 g/mol. The summed E-state index contributed by atoms with van der Waals surface area (Å²) in [4.78, 5) is 26.2. The largest absolute Gasteiger partial charge is 0.370 e. The van der Waals surface area contributed by atoms with Gasteiger partial charge in [-0.3, -0.25) is 14.7 Å². The second-order valence-electron chi connectivity index (χ2n) is 7.47. The summed E-state index contributed by atoms with van der Waals surface area (Å²) in [5.74, 6) is -0.401. The van der Waals surface area contributed by atoms with Crippen LogP contribution in [0.1, 0.15) is 41.6 Å². The number of hydrogen-bond donors (Lipinski definition) is 2. The van der Waals surface area contributed by atoms with Gasteiger partial charge in [-0.1, -0.05) is 24.3 Å². The highest BCUT2D eigenvalue weighted by molar-refractivity contribution is 5.98. The van der Waals surface area contributed by atoms with E-state index in [1.807, 2.05) is 36.4 Å². The maximum absolute atomic E-state index is 13.0. The molecule has 144 valence electrons. The van der Waals surface area contributed by atoms with Crippen LogP contribution in [0.4, 0.5) is 0 Å². The number of benzene rings is 2. The van der Waals surface area contributed by atoms with Crippen molar-refractivity contribution in [3.8, 4) is 11.3 Å². The maximum Gasteiger partial charge on any atom is 0.254 e. The van der Waals surface area contributed by atoms with Crippen molar-refractivity contribution in [2.75, 3.05) is 6.54 Å². The highest BCUT2D eigenvalue weighted by Gasteiger charge is 2.28. The van der Waals surface area contributed by atoms with E-state index in [1.165, 1.54) is 0 Å². The number of nitrogens with two attached hydrogens (primary N) is 1. The van der Waals surface area contributed by atoms with Gasteiger partial charge in [-0.05, 0) is 49.9 Å². The van der Waals surface area contributed by atoms with Crippen LogP contribution in [-0.4, -0.2) is 39.5 Å². The van der Waals surface area contributed by atoms with E-state index in [-0.39, 0.29) is 24.3 Å². The number of amides is 2. The number of aromatic nitrogens is 2. The highest BCUT2D eigenvalue weighted by atomic mass is 16.2. The maximum atomic E-state index is 13.0. The fraction of sp³-hybridized carbons (Fsp3) is 0.318. The number of primary amides is 1. The van der Waals surface area contributed by atoms with Crippen molar-refractivity contribution in [3.63, 3.8) is 0 Å². The number of hydrogen-bond acceptors (Lipinski definition) is 3. The second-order valence-corrected chi connectivity index (χ2v) is 7.47. The Balaban J connectivity index is 1.60. The third-order valence-corrected chi connectivity index (χ3v) is 5.53. The number of aryl methyl sites for hydroxylation is 1. The van der Waals surface area contributed by atoms with Gasteiger partial charge in [-0.2, -0.15) is 5.10 Å². The van der Waals surface area contributed by atoms with E-state index in [1.54, 1.807) is 4.90 Å². The fourth-order valence-electron chi connectivity index (χ4n) is 4.11. The van der Waals surface area contributed by atoms with Crippen molar-refractivity contribution in [2.45, 2.75) is 38.6 Å². The number of nitrogens with zero attached hydrogens (tertiary/aromatic N) is 2. The SMILES string of the molecule is Cc1cccc2[nH]nc(-c3ccc(C(=O)N4CCCC[C@@H]4CC(N)=O)cc3)c12. The summed E-state index contributed by atoms with van der Waals surface area (Å²) < 4.78 is 0. The van der Waals surface area contributed by atoms with E-state index in [2.05, 4.69) is 23.2 Å². The number of nitrogens with one attached hydrogen (secondary N) is 1. The first-order valence-electron chi connectivity index (χ1n) is 9.68. The fourth-order valence-corrected chi connectivity index (χ4v) is 4.11. The molecular formula is C22H24N4O2. The molecule has 0 aliphatic carbocycles. The Kier molecular flexibility index (Phi) is 4.86. The van der Waals surface area contributed by atoms with Crippen molar-refractivity contribution in [3.05, 3.63) is 53.6 Å². The van der Waals surface area contributed by atoms with Crippen molar-refractivity contribution in [1.29, 1.82) is 0 Å². The second kappa shape index (κ2) is 7.46. The summed E-state index contributed by atoms with van der Waals surface area (Å²) in [6.07, 6.45) is 3.03. The quantitative estimate of drug-likeness (QED) is 0.731. The zero-order chi connectivity index (χ0) is 19.7. The average molecular weight is 376 g/mol. The van der Waals surface area contributed by atoms with Crippen LogP contribution < -0.4 is 5.73 Å². The molecule has 1 atom stereocenters. The molecule has 0 radical (unpaired) electrons. The van der Waals surface area contributed by atoms with Gasteiger partial charge in [0.05, 0.1) is 5.52 Å². The van der Waals surface area contributed by atoms with E-state index >= 15 is 0 Å². The molecule has 0 unspecified atom stereocenters. The first-order valence-corrected chi connectivity index (χ1v) is 9.68. The van der Waals surface area contributed by atoms with Crippen molar-refractivity contribution in [2.24, 2.45) is 5.73 Å². The lowest BCUT2D eigenvalue weighted by Gasteiger charge is -2.35. The van der Waals surface area contributed by atoms with Gasteiger partial charge in [0.15, 0.2) is 0 Å². The zero-order valence-electron chi connectivity index (χ0n) is 15.9. The summed E-state index contributed by atoms with van der Waals surface area (Å²) in [6.45, 7) is 2.73. The molecule has 6 heteroatoms. The number of carbonyl (C=O) groups is 2. The molecule has 3 N–H and O–H groups in total. The van der Waals surface area contributed by atoms with Crippen LogP contribution in [0.25, 0.3) is 22.2 Å². The van der Waals surface area contributed by atoms with Gasteiger partial charge < -0.3 is 10.6 Å². The van der Waals surface area contributed by atoms with Gasteiger partial charge in [-0.25, -0.2) is 0 Å². The Morgan fingerprint density at radius 2 is 1.96 bits per heavy atom. The van der Waals surface area contributed by atoms with E-state index < -0.39 is 0 Å². The number of piperidine rings is 1. The average Bonchev–Trinajstić information content (AvgIpc) is 3.13. The Labute approximate surface area is 163 Å². The number of aromatic amines is 1. The summed E-state index contributed by atoms with van der Waals surface area (Å²) in [6, 6.07) is 13.5. The van der Waals surface area contributed by atoms with Crippen molar-refractivity contribution >= 4 is 22.7 Å². The number of rotatable bonds is 4. The van der Waals surface area contributed by atoms with Gasteiger partial charge in [0.1, 0.15) is 5.69 Å². The van der Waals surface area contributed by atoms with Crippen LogP contribution in [0.15, 0.2) is 42.5 Å². The smallest absolute Gasteiger partial charge is 0.254 e. The molecule has 2 amide bonds. The molecule has 4 rings (SSSR count). The predicted molar refractivity (Wildman–Crippen MR) is 109 cm³/mol. The molecule has 2 aromatic carbocycles. The van der Waals surface area contributed by atoms with E-state index in [9.17, 15) is 9.59 Å². The zero-order valence-corrected chi connectivity index (χ0v) is 15.9. The molecule has 6 nitrogen and oxygen atoms in total. The molecule has 1 aromatic heterocycles. The van der Waals surface area contributed by atoms with Gasteiger partial charge in [-0.15, -0.1) is 0 Å². The molecule has 0 bridgehead atoms. The number of likely N-dealkylation sites (tertiary alicyclic amines) is 1. The van der Waals surface area contributed by atoms with Crippen molar-refractivity contribution in [1.82, 2.24) is 15.1 Å². The van der Waals surface area contributed by atoms with E-state index in [0.29, 0.717) is 12.1 Å². The lowest BCUT2D eigenvalue weighted by Crippen LogP contribution is -2.45. The Morgan fingerprint density at radius 1 is 1.18 bits per heavy atom. The molecule has 1 fully saturated rings. The first-order chi connectivity index (χ1) is 13.5. The molecule has 0 spiro atoms. The van der Waals surface area contributed by atoms with Crippen LogP contribution in [0.3, 0.4) is 0 Å². The van der Waals surface area contributed by atoms with Crippen LogP contribution in [0.2, 0.25) is 0 Å². The minimum absolute atomic E-state index is 0.0411. The molecule has 2 heterocycles. The Bertz CT molecular complexity index is 1020. The lowest BCUT2D eigenvalue weighted by molar-refractivity contribution is -0.119. The minimum Gasteiger partial charge on any atom is -0.370 e. The predicted octanol–water partition coefficient (Wildman–Crippen LogP) is 3.41. The van der Waals surface area contributed by atoms with E-state index in [0.717, 1.165) is 47.0 Å². The Hall–Kier alpha value is -3.15. The summed E-state index contributed by atoms with van der Waals surface area (Å²) in [5.41, 5.74) is 9.99. The summed E-state index contributed by atoms with van der Waals surface area (Å²) >= 11 is 0. The van der Waals surface area contributed by atoms with Crippen LogP contribution in [0.5, 0.6) is 0 Å². The van der Waals surface area contributed by atoms with Gasteiger partial charge in [0.25, 0.3) is 5.91 Å². The number of H-pyrrole nitrogens is 1. The molecule has 1 aliphatic heterocycles. The van der Waals surface area contributed by atoms with Crippen LogP contribution in [-0.2, 0) is 4.79 Å². The van der Waals surface area contributed by atoms with Gasteiger partial charge in [0, 0.05) is 35.5 Å². The normalized spacial score (nSPS) is 17.0.